The molecule has 0 atom stereocenters. The molecule has 0 unspecified atom stereocenters. The first-order valence-electron chi connectivity index (χ1n) is 4.35. The highest BCUT2D eigenvalue weighted by Crippen LogP contribution is 2.24. The maximum Gasteiger partial charge on any atom is 0.310 e. The van der Waals surface area contributed by atoms with Gasteiger partial charge in [0.05, 0.1) is 24.1 Å². The van der Waals surface area contributed by atoms with Gasteiger partial charge in [-0.15, -0.1) is 0 Å². The van der Waals surface area contributed by atoms with E-state index in [0.29, 0.717) is 16.1 Å². The predicted octanol–water partition coefficient (Wildman–Crippen LogP) is 2.24. The number of halogens is 1. The van der Waals surface area contributed by atoms with Crippen LogP contribution < -0.4 is 0 Å². The van der Waals surface area contributed by atoms with Gasteiger partial charge in [-0.3, -0.25) is 4.79 Å². The van der Waals surface area contributed by atoms with Crippen molar-refractivity contribution in [3.05, 3.63) is 33.8 Å². The Labute approximate surface area is 93.2 Å². The van der Waals surface area contributed by atoms with Gasteiger partial charge in [-0.1, -0.05) is 23.7 Å². The van der Waals surface area contributed by atoms with Gasteiger partial charge >= 0.3 is 5.97 Å². The molecule has 0 heterocycles. The van der Waals surface area contributed by atoms with E-state index in [1.807, 2.05) is 6.07 Å². The summed E-state index contributed by atoms with van der Waals surface area (Å²) >= 11 is 5.98. The Morgan fingerprint density at radius 3 is 2.80 bits per heavy atom. The largest absolute Gasteiger partial charge is 0.469 e. The maximum atomic E-state index is 11.1. The summed E-state index contributed by atoms with van der Waals surface area (Å²) in [5.74, 6) is -0.371. The minimum atomic E-state index is -0.371. The molecule has 0 aliphatic carbocycles. The third-order valence-corrected chi connectivity index (χ3v) is 2.54. The van der Waals surface area contributed by atoms with Gasteiger partial charge in [0.2, 0.25) is 0 Å². The zero-order valence-corrected chi connectivity index (χ0v) is 9.26. The molecular formula is C11H10ClNO2. The monoisotopic (exact) mass is 223 g/mol. The average Bonchev–Trinajstić information content (AvgIpc) is 2.23. The van der Waals surface area contributed by atoms with Crippen molar-refractivity contribution in [3.8, 4) is 6.07 Å². The van der Waals surface area contributed by atoms with Crippen LogP contribution in [0.4, 0.5) is 0 Å². The van der Waals surface area contributed by atoms with E-state index in [4.69, 9.17) is 16.9 Å². The smallest absolute Gasteiger partial charge is 0.310 e. The lowest BCUT2D eigenvalue weighted by Gasteiger charge is -2.06. The summed E-state index contributed by atoms with van der Waals surface area (Å²) < 4.78 is 4.53. The highest BCUT2D eigenvalue weighted by molar-refractivity contribution is 6.32. The van der Waals surface area contributed by atoms with Crippen LogP contribution in [0.15, 0.2) is 12.1 Å². The average molecular weight is 224 g/mol. The number of aryl methyl sites for hydroxylation is 1. The minimum Gasteiger partial charge on any atom is -0.469 e. The van der Waals surface area contributed by atoms with Crippen LogP contribution in [0.25, 0.3) is 0 Å². The van der Waals surface area contributed by atoms with Gasteiger partial charge in [0.1, 0.15) is 6.07 Å². The molecule has 0 spiro atoms. The SMILES string of the molecule is COC(=O)Cc1ccc(C)c(C#N)c1Cl. The van der Waals surface area contributed by atoms with E-state index in [-0.39, 0.29) is 12.4 Å². The van der Waals surface area contributed by atoms with E-state index < -0.39 is 0 Å². The van der Waals surface area contributed by atoms with Crippen LogP contribution in [0.2, 0.25) is 5.02 Å². The fourth-order valence-electron chi connectivity index (χ4n) is 1.22. The second kappa shape index (κ2) is 4.81. The Balaban J connectivity index is 3.12. The molecule has 1 aromatic rings. The van der Waals surface area contributed by atoms with Crippen molar-refractivity contribution in [1.29, 1.82) is 5.26 Å². The molecule has 0 saturated carbocycles. The summed E-state index contributed by atoms with van der Waals surface area (Å²) in [5.41, 5.74) is 1.83. The number of ether oxygens (including phenoxy) is 1. The topological polar surface area (TPSA) is 50.1 Å². The van der Waals surface area contributed by atoms with Crippen LogP contribution in [0, 0.1) is 18.3 Å². The van der Waals surface area contributed by atoms with Crippen LogP contribution >= 0.6 is 11.6 Å². The number of hydrogen-bond acceptors (Lipinski definition) is 3. The van der Waals surface area contributed by atoms with E-state index >= 15 is 0 Å². The van der Waals surface area contributed by atoms with Gasteiger partial charge in [-0.2, -0.15) is 5.26 Å². The Morgan fingerprint density at radius 1 is 1.60 bits per heavy atom. The van der Waals surface area contributed by atoms with E-state index in [1.165, 1.54) is 7.11 Å². The van der Waals surface area contributed by atoms with Gasteiger partial charge in [0.15, 0.2) is 0 Å². The lowest BCUT2D eigenvalue weighted by atomic mass is 10.0. The van der Waals surface area contributed by atoms with E-state index in [9.17, 15) is 4.79 Å². The molecule has 0 radical (unpaired) electrons. The van der Waals surface area contributed by atoms with Crippen molar-refractivity contribution in [2.45, 2.75) is 13.3 Å². The lowest BCUT2D eigenvalue weighted by molar-refractivity contribution is -0.139. The molecular weight excluding hydrogens is 214 g/mol. The Morgan fingerprint density at radius 2 is 2.27 bits per heavy atom. The Hall–Kier alpha value is -1.53. The summed E-state index contributed by atoms with van der Waals surface area (Å²) in [5, 5.41) is 9.20. The van der Waals surface area contributed by atoms with Crippen LogP contribution in [-0.2, 0) is 16.0 Å². The number of carbonyl (C=O) groups excluding carboxylic acids is 1. The second-order valence-electron chi connectivity index (χ2n) is 3.10. The summed E-state index contributed by atoms with van der Waals surface area (Å²) in [6.45, 7) is 1.80. The van der Waals surface area contributed by atoms with Crippen molar-refractivity contribution in [2.24, 2.45) is 0 Å². The number of rotatable bonds is 2. The standard InChI is InChI=1S/C11H10ClNO2/c1-7-3-4-8(5-10(14)15-2)11(12)9(7)6-13/h3-4H,5H2,1-2H3. The number of carbonyl (C=O) groups is 1. The molecule has 1 rings (SSSR count). The highest BCUT2D eigenvalue weighted by atomic mass is 35.5. The van der Waals surface area contributed by atoms with Crippen molar-refractivity contribution in [1.82, 2.24) is 0 Å². The van der Waals surface area contributed by atoms with E-state index in [1.54, 1.807) is 19.1 Å². The fraction of sp³-hybridized carbons (Fsp3) is 0.273. The minimum absolute atomic E-state index is 0.0876. The van der Waals surface area contributed by atoms with Crippen molar-refractivity contribution in [3.63, 3.8) is 0 Å². The first kappa shape index (κ1) is 11.5. The molecule has 0 N–H and O–H groups in total. The van der Waals surface area contributed by atoms with Gasteiger partial charge in [0, 0.05) is 0 Å². The zero-order chi connectivity index (χ0) is 11.4. The molecule has 0 bridgehead atoms. The van der Waals surface area contributed by atoms with Crippen LogP contribution in [0.5, 0.6) is 0 Å². The lowest BCUT2D eigenvalue weighted by Crippen LogP contribution is -2.05. The molecule has 0 aliphatic heterocycles. The van der Waals surface area contributed by atoms with Gasteiger partial charge < -0.3 is 4.74 Å². The maximum absolute atomic E-state index is 11.1. The summed E-state index contributed by atoms with van der Waals surface area (Å²) in [6, 6.07) is 5.51. The number of nitriles is 1. The van der Waals surface area contributed by atoms with Crippen LogP contribution in [0.3, 0.4) is 0 Å². The van der Waals surface area contributed by atoms with Gasteiger partial charge in [-0.05, 0) is 18.1 Å². The van der Waals surface area contributed by atoms with Gasteiger partial charge in [-0.25, -0.2) is 0 Å². The predicted molar refractivity (Wildman–Crippen MR) is 56.6 cm³/mol. The summed E-state index contributed by atoms with van der Waals surface area (Å²) in [4.78, 5) is 11.1. The fourth-order valence-corrected chi connectivity index (χ4v) is 1.54. The first-order chi connectivity index (χ1) is 7.10. The van der Waals surface area contributed by atoms with Crippen LogP contribution in [0.1, 0.15) is 16.7 Å². The summed E-state index contributed by atoms with van der Waals surface area (Å²) in [6.07, 6.45) is 0.0876. The Kier molecular flexibility index (Phi) is 3.70. The van der Waals surface area contributed by atoms with E-state index in [0.717, 1.165) is 5.56 Å². The number of hydrogen-bond donors (Lipinski definition) is 0. The molecule has 0 saturated heterocycles. The summed E-state index contributed by atoms with van der Waals surface area (Å²) in [7, 11) is 1.32. The first-order valence-corrected chi connectivity index (χ1v) is 4.72. The van der Waals surface area contributed by atoms with Crippen molar-refractivity contribution in [2.75, 3.05) is 7.11 Å². The molecule has 3 nitrogen and oxygen atoms in total. The van der Waals surface area contributed by atoms with Crippen molar-refractivity contribution >= 4 is 17.6 Å². The van der Waals surface area contributed by atoms with Crippen molar-refractivity contribution < 1.29 is 9.53 Å². The number of methoxy groups -OCH3 is 1. The molecule has 1 aromatic carbocycles. The second-order valence-corrected chi connectivity index (χ2v) is 3.47. The molecule has 0 fully saturated rings. The molecule has 0 aromatic heterocycles. The number of benzene rings is 1. The molecule has 0 aliphatic rings. The normalized spacial score (nSPS) is 9.47. The molecule has 15 heavy (non-hydrogen) atoms. The molecule has 4 heteroatoms. The third kappa shape index (κ3) is 2.48. The van der Waals surface area contributed by atoms with E-state index in [2.05, 4.69) is 4.74 Å². The highest BCUT2D eigenvalue weighted by Gasteiger charge is 2.12. The number of esters is 1. The molecule has 0 amide bonds. The zero-order valence-electron chi connectivity index (χ0n) is 8.50. The third-order valence-electron chi connectivity index (χ3n) is 2.10. The van der Waals surface area contributed by atoms with Gasteiger partial charge in [0.25, 0.3) is 0 Å². The number of nitrogens with zero attached hydrogens (tertiary/aromatic N) is 1. The quantitative estimate of drug-likeness (QED) is 0.723. The van der Waals surface area contributed by atoms with Crippen LogP contribution in [-0.4, -0.2) is 13.1 Å². The Bertz CT molecular complexity index is 435. The molecule has 78 valence electrons.